The number of aryl methyl sites for hydroxylation is 3. The topological polar surface area (TPSA) is 83.8 Å². The van der Waals surface area contributed by atoms with Crippen molar-refractivity contribution in [3.05, 3.63) is 113 Å². The second-order valence-electron chi connectivity index (χ2n) is 9.63. The molecule has 0 bridgehead atoms. The van der Waals surface area contributed by atoms with E-state index in [0.29, 0.717) is 22.6 Å². The van der Waals surface area contributed by atoms with Gasteiger partial charge < -0.3 is 4.57 Å². The van der Waals surface area contributed by atoms with Crippen LogP contribution in [0.15, 0.2) is 88.9 Å². The van der Waals surface area contributed by atoms with Gasteiger partial charge in [-0.15, -0.1) is 0 Å². The molecule has 41 heavy (non-hydrogen) atoms. The normalized spacial score (nSPS) is 12.1. The SMILES string of the molecule is Cc1ccc(N(CC(=O)N/N=C/c2cc(C)n(-c3ccccc3C(F)(F)F)c2C)S(=O)(=O)c2ccc(C)cc2)cc1. The van der Waals surface area contributed by atoms with Crippen LogP contribution in [0.2, 0.25) is 0 Å². The van der Waals surface area contributed by atoms with Gasteiger partial charge in [-0.25, -0.2) is 13.8 Å². The Morgan fingerprint density at radius 2 is 1.51 bits per heavy atom. The van der Waals surface area contributed by atoms with Crippen molar-refractivity contribution < 1.29 is 26.4 Å². The Kier molecular flexibility index (Phi) is 8.39. The lowest BCUT2D eigenvalue weighted by Gasteiger charge is -2.24. The van der Waals surface area contributed by atoms with Gasteiger partial charge >= 0.3 is 6.18 Å². The van der Waals surface area contributed by atoms with Crippen molar-refractivity contribution >= 4 is 27.8 Å². The Bertz CT molecular complexity index is 1690. The number of anilines is 1. The minimum Gasteiger partial charge on any atom is -0.317 e. The third kappa shape index (κ3) is 6.51. The summed E-state index contributed by atoms with van der Waals surface area (Å²) in [6.45, 7) is 6.48. The molecule has 0 unspecified atom stereocenters. The molecule has 0 fully saturated rings. The summed E-state index contributed by atoms with van der Waals surface area (Å²) < 4.78 is 70.3. The summed E-state index contributed by atoms with van der Waals surface area (Å²) in [7, 11) is -4.09. The number of para-hydroxylation sites is 1. The van der Waals surface area contributed by atoms with Crippen LogP contribution in [0.25, 0.3) is 5.69 Å². The summed E-state index contributed by atoms with van der Waals surface area (Å²) in [5.41, 5.74) is 5.18. The molecule has 3 aromatic carbocycles. The predicted octanol–water partition coefficient (Wildman–Crippen LogP) is 6.08. The summed E-state index contributed by atoms with van der Waals surface area (Å²) in [6.07, 6.45) is -3.22. The van der Waals surface area contributed by atoms with Gasteiger partial charge in [0.1, 0.15) is 6.54 Å². The average Bonchev–Trinajstić information content (AvgIpc) is 3.20. The predicted molar refractivity (Wildman–Crippen MR) is 153 cm³/mol. The van der Waals surface area contributed by atoms with Crippen LogP contribution in [0.3, 0.4) is 0 Å². The molecule has 214 valence electrons. The summed E-state index contributed by atoms with van der Waals surface area (Å²) in [5, 5.41) is 3.97. The first kappa shape index (κ1) is 29.6. The van der Waals surface area contributed by atoms with Crippen molar-refractivity contribution in [2.75, 3.05) is 10.8 Å². The minimum absolute atomic E-state index is 0.0197. The maximum Gasteiger partial charge on any atom is 0.418 e. The zero-order chi connectivity index (χ0) is 29.9. The number of hydrogen-bond donors (Lipinski definition) is 1. The van der Waals surface area contributed by atoms with E-state index in [1.54, 1.807) is 56.3 Å². The number of rotatable bonds is 8. The molecule has 0 aliphatic heterocycles. The molecule has 1 heterocycles. The number of carbonyl (C=O) groups excluding carboxylic acids is 1. The lowest BCUT2D eigenvalue weighted by atomic mass is 10.1. The van der Waals surface area contributed by atoms with Crippen LogP contribution in [0.4, 0.5) is 18.9 Å². The fraction of sp³-hybridized carbons (Fsp3) is 0.200. The summed E-state index contributed by atoms with van der Waals surface area (Å²) in [5.74, 6) is -0.700. The molecule has 0 radical (unpaired) electrons. The highest BCUT2D eigenvalue weighted by Gasteiger charge is 2.34. The molecule has 1 aromatic heterocycles. The van der Waals surface area contributed by atoms with Crippen LogP contribution < -0.4 is 9.73 Å². The number of hydrazone groups is 1. The number of sulfonamides is 1. The number of nitrogens with zero attached hydrogens (tertiary/aromatic N) is 3. The molecular formula is C30H29F3N4O3S. The van der Waals surface area contributed by atoms with Crippen LogP contribution in [0.5, 0.6) is 0 Å². The number of aromatic nitrogens is 1. The lowest BCUT2D eigenvalue weighted by molar-refractivity contribution is -0.137. The maximum absolute atomic E-state index is 13.6. The number of nitrogens with one attached hydrogen (secondary N) is 1. The smallest absolute Gasteiger partial charge is 0.317 e. The molecule has 0 aliphatic rings. The summed E-state index contributed by atoms with van der Waals surface area (Å²) >= 11 is 0. The molecule has 0 spiro atoms. The highest BCUT2D eigenvalue weighted by molar-refractivity contribution is 7.92. The molecule has 7 nitrogen and oxygen atoms in total. The van der Waals surface area contributed by atoms with Crippen molar-refractivity contribution in [3.8, 4) is 5.69 Å². The highest BCUT2D eigenvalue weighted by atomic mass is 32.2. The number of alkyl halides is 3. The van der Waals surface area contributed by atoms with E-state index in [-0.39, 0.29) is 10.6 Å². The second kappa shape index (κ2) is 11.6. The van der Waals surface area contributed by atoms with Crippen molar-refractivity contribution in [2.24, 2.45) is 5.10 Å². The van der Waals surface area contributed by atoms with E-state index in [0.717, 1.165) is 21.5 Å². The Morgan fingerprint density at radius 3 is 2.12 bits per heavy atom. The third-order valence-electron chi connectivity index (χ3n) is 6.53. The summed E-state index contributed by atoms with van der Waals surface area (Å²) in [4.78, 5) is 12.9. The number of halogens is 3. The lowest BCUT2D eigenvalue weighted by Crippen LogP contribution is -2.39. The second-order valence-corrected chi connectivity index (χ2v) is 11.5. The molecule has 1 N–H and O–H groups in total. The molecule has 4 aromatic rings. The van der Waals surface area contributed by atoms with Crippen LogP contribution in [0.1, 0.15) is 33.6 Å². The molecule has 0 saturated carbocycles. The van der Waals surface area contributed by atoms with E-state index >= 15 is 0 Å². The standard InChI is InChI=1S/C30H29F3N4O3S/c1-20-9-13-25(14-10-20)36(41(39,40)26-15-11-21(2)12-16-26)19-29(38)35-34-18-24-17-22(3)37(23(24)4)28-8-6-5-7-27(28)30(31,32)33/h5-18H,19H2,1-4H3,(H,35,38)/b34-18+. The van der Waals surface area contributed by atoms with Gasteiger partial charge in [-0.1, -0.05) is 47.5 Å². The van der Waals surface area contributed by atoms with E-state index in [2.05, 4.69) is 10.5 Å². The summed E-state index contributed by atoms with van der Waals surface area (Å²) in [6, 6.07) is 20.0. The van der Waals surface area contributed by atoms with E-state index < -0.39 is 34.2 Å². The van der Waals surface area contributed by atoms with Crippen molar-refractivity contribution in [2.45, 2.75) is 38.8 Å². The van der Waals surface area contributed by atoms with Crippen molar-refractivity contribution in [3.63, 3.8) is 0 Å². The van der Waals surface area contributed by atoms with Gasteiger partial charge in [0, 0.05) is 17.0 Å². The number of carbonyl (C=O) groups is 1. The Morgan fingerprint density at radius 1 is 0.927 bits per heavy atom. The van der Waals surface area contributed by atoms with E-state index in [4.69, 9.17) is 0 Å². The third-order valence-corrected chi connectivity index (χ3v) is 8.32. The molecule has 11 heteroatoms. The average molecular weight is 583 g/mol. The highest BCUT2D eigenvalue weighted by Crippen LogP contribution is 2.35. The first-order chi connectivity index (χ1) is 19.3. The van der Waals surface area contributed by atoms with Crippen LogP contribution in [0, 0.1) is 27.7 Å². The van der Waals surface area contributed by atoms with Crippen LogP contribution in [-0.2, 0) is 21.0 Å². The van der Waals surface area contributed by atoms with Gasteiger partial charge in [0.15, 0.2) is 0 Å². The Hall–Kier alpha value is -4.38. The number of amides is 1. The number of hydrogen-bond acceptors (Lipinski definition) is 4. The molecule has 0 saturated heterocycles. The van der Waals surface area contributed by atoms with E-state index in [9.17, 15) is 26.4 Å². The first-order valence-corrected chi connectivity index (χ1v) is 14.1. The van der Waals surface area contributed by atoms with Crippen molar-refractivity contribution in [1.82, 2.24) is 9.99 Å². The molecule has 4 rings (SSSR count). The van der Waals surface area contributed by atoms with Crippen LogP contribution in [-0.4, -0.2) is 31.7 Å². The van der Waals surface area contributed by atoms with Gasteiger partial charge in [-0.3, -0.25) is 9.10 Å². The fourth-order valence-electron chi connectivity index (χ4n) is 4.40. The Labute approximate surface area is 237 Å². The Balaban J connectivity index is 1.57. The fourth-order valence-corrected chi connectivity index (χ4v) is 5.82. The largest absolute Gasteiger partial charge is 0.418 e. The number of benzene rings is 3. The zero-order valence-corrected chi connectivity index (χ0v) is 23.7. The zero-order valence-electron chi connectivity index (χ0n) is 22.9. The first-order valence-electron chi connectivity index (χ1n) is 12.6. The monoisotopic (exact) mass is 582 g/mol. The van der Waals surface area contributed by atoms with Gasteiger partial charge in [0.05, 0.1) is 28.0 Å². The minimum atomic E-state index is -4.54. The molecular weight excluding hydrogens is 553 g/mol. The van der Waals surface area contributed by atoms with Gasteiger partial charge in [-0.2, -0.15) is 18.3 Å². The maximum atomic E-state index is 13.6. The molecule has 0 atom stereocenters. The van der Waals surface area contributed by atoms with E-state index in [1.165, 1.54) is 41.1 Å². The van der Waals surface area contributed by atoms with Crippen molar-refractivity contribution in [1.29, 1.82) is 0 Å². The van der Waals surface area contributed by atoms with Gasteiger partial charge in [0.2, 0.25) is 0 Å². The quantitative estimate of drug-likeness (QED) is 0.202. The van der Waals surface area contributed by atoms with Gasteiger partial charge in [0.25, 0.3) is 15.9 Å². The van der Waals surface area contributed by atoms with E-state index in [1.807, 2.05) is 13.8 Å². The van der Waals surface area contributed by atoms with Crippen LogP contribution >= 0.6 is 0 Å². The molecule has 1 amide bonds. The molecule has 0 aliphatic carbocycles. The van der Waals surface area contributed by atoms with Gasteiger partial charge in [-0.05, 0) is 70.2 Å².